The Hall–Kier alpha value is -1.62. The summed E-state index contributed by atoms with van der Waals surface area (Å²) < 4.78 is 6.07. The first-order valence-corrected chi connectivity index (χ1v) is 6.14. The van der Waals surface area contributed by atoms with Gasteiger partial charge in [-0.15, -0.1) is 6.58 Å². The van der Waals surface area contributed by atoms with Gasteiger partial charge in [-0.05, 0) is 6.07 Å². The van der Waals surface area contributed by atoms with Crippen LogP contribution in [0, 0.1) is 10.1 Å². The number of nitro groups is 1. The van der Waals surface area contributed by atoms with Gasteiger partial charge in [0.2, 0.25) is 5.75 Å². The van der Waals surface area contributed by atoms with Gasteiger partial charge in [0, 0.05) is 22.0 Å². The Morgan fingerprint density at radius 2 is 2.22 bits per heavy atom. The van der Waals surface area contributed by atoms with Gasteiger partial charge in [0.15, 0.2) is 0 Å². The SMILES string of the molecule is C=CCOc1c(C(C)C=C)cc(Br)cc1[N+](=O)[O-]. The van der Waals surface area contributed by atoms with Gasteiger partial charge >= 0.3 is 5.69 Å². The van der Waals surface area contributed by atoms with Crippen LogP contribution < -0.4 is 4.74 Å². The second-order valence-electron chi connectivity index (χ2n) is 3.72. The Balaban J connectivity index is 3.41. The largest absolute Gasteiger partial charge is 0.482 e. The molecule has 0 radical (unpaired) electrons. The van der Waals surface area contributed by atoms with Crippen molar-refractivity contribution >= 4 is 21.6 Å². The van der Waals surface area contributed by atoms with Crippen LogP contribution in [-0.4, -0.2) is 11.5 Å². The van der Waals surface area contributed by atoms with Crippen molar-refractivity contribution in [2.75, 3.05) is 6.61 Å². The van der Waals surface area contributed by atoms with Crippen molar-refractivity contribution in [2.45, 2.75) is 12.8 Å². The molecule has 0 N–H and O–H groups in total. The standard InChI is InChI=1S/C13H14BrNO3/c1-4-6-18-13-11(9(3)5-2)7-10(14)8-12(13)15(16)17/h4-5,7-9H,1-2,6H2,3H3. The summed E-state index contributed by atoms with van der Waals surface area (Å²) >= 11 is 3.27. The second-order valence-corrected chi connectivity index (χ2v) is 4.64. The number of hydrogen-bond acceptors (Lipinski definition) is 3. The van der Waals surface area contributed by atoms with Crippen molar-refractivity contribution in [2.24, 2.45) is 0 Å². The van der Waals surface area contributed by atoms with Gasteiger partial charge in [0.25, 0.3) is 0 Å². The van der Waals surface area contributed by atoms with Crippen LogP contribution in [-0.2, 0) is 0 Å². The Labute approximate surface area is 114 Å². The van der Waals surface area contributed by atoms with Crippen molar-refractivity contribution in [3.8, 4) is 5.75 Å². The zero-order valence-corrected chi connectivity index (χ0v) is 11.6. The second kappa shape index (κ2) is 6.35. The molecule has 0 fully saturated rings. The number of hydrogen-bond donors (Lipinski definition) is 0. The molecule has 5 heteroatoms. The lowest BCUT2D eigenvalue weighted by Gasteiger charge is -2.14. The van der Waals surface area contributed by atoms with Crippen LogP contribution in [0.2, 0.25) is 0 Å². The van der Waals surface area contributed by atoms with E-state index in [9.17, 15) is 10.1 Å². The minimum absolute atomic E-state index is 0.0407. The summed E-state index contributed by atoms with van der Waals surface area (Å²) in [6.07, 6.45) is 3.26. The quantitative estimate of drug-likeness (QED) is 0.449. The average molecular weight is 312 g/mol. The first kappa shape index (κ1) is 14.4. The van der Waals surface area contributed by atoms with E-state index >= 15 is 0 Å². The molecule has 0 spiro atoms. The normalized spacial score (nSPS) is 11.7. The fourth-order valence-corrected chi connectivity index (χ4v) is 1.96. The summed E-state index contributed by atoms with van der Waals surface area (Å²) in [5, 5.41) is 11.1. The van der Waals surface area contributed by atoms with E-state index in [1.807, 2.05) is 6.92 Å². The molecule has 1 atom stereocenters. The van der Waals surface area contributed by atoms with E-state index in [0.717, 1.165) is 5.56 Å². The minimum Gasteiger partial charge on any atom is -0.482 e. The molecule has 1 aromatic carbocycles. The fourth-order valence-electron chi connectivity index (χ4n) is 1.50. The third-order valence-corrected chi connectivity index (χ3v) is 2.91. The summed E-state index contributed by atoms with van der Waals surface area (Å²) in [6.45, 7) is 9.36. The smallest absolute Gasteiger partial charge is 0.312 e. The van der Waals surface area contributed by atoms with Crippen LogP contribution in [0.1, 0.15) is 18.4 Å². The van der Waals surface area contributed by atoms with E-state index in [1.165, 1.54) is 6.07 Å². The molecule has 0 heterocycles. The Kier molecular flexibility index (Phi) is 5.09. The highest BCUT2D eigenvalue weighted by atomic mass is 79.9. The number of allylic oxidation sites excluding steroid dienone is 1. The van der Waals surface area contributed by atoms with Gasteiger partial charge in [0.05, 0.1) is 4.92 Å². The van der Waals surface area contributed by atoms with E-state index in [2.05, 4.69) is 29.1 Å². The summed E-state index contributed by atoms with van der Waals surface area (Å²) in [4.78, 5) is 10.6. The zero-order valence-electron chi connectivity index (χ0n) is 10.1. The fraction of sp³-hybridized carbons (Fsp3) is 0.231. The first-order chi connectivity index (χ1) is 8.51. The molecule has 18 heavy (non-hydrogen) atoms. The lowest BCUT2D eigenvalue weighted by molar-refractivity contribution is -0.386. The molecule has 4 nitrogen and oxygen atoms in total. The van der Waals surface area contributed by atoms with Crippen LogP contribution in [0.4, 0.5) is 5.69 Å². The molecular formula is C13H14BrNO3. The Morgan fingerprint density at radius 1 is 1.56 bits per heavy atom. The van der Waals surface area contributed by atoms with Gasteiger partial charge in [0.1, 0.15) is 6.61 Å². The van der Waals surface area contributed by atoms with E-state index in [0.29, 0.717) is 4.47 Å². The van der Waals surface area contributed by atoms with Crippen LogP contribution in [0.5, 0.6) is 5.75 Å². The first-order valence-electron chi connectivity index (χ1n) is 5.35. The Morgan fingerprint density at radius 3 is 2.72 bits per heavy atom. The molecule has 96 valence electrons. The van der Waals surface area contributed by atoms with Gasteiger partial charge in [-0.3, -0.25) is 10.1 Å². The number of nitrogens with zero attached hydrogens (tertiary/aromatic N) is 1. The van der Waals surface area contributed by atoms with Gasteiger partial charge < -0.3 is 4.74 Å². The molecule has 1 rings (SSSR count). The highest BCUT2D eigenvalue weighted by molar-refractivity contribution is 9.10. The summed E-state index contributed by atoms with van der Waals surface area (Å²) in [7, 11) is 0. The maximum atomic E-state index is 11.1. The van der Waals surface area contributed by atoms with Crippen LogP contribution in [0.15, 0.2) is 41.9 Å². The van der Waals surface area contributed by atoms with E-state index in [-0.39, 0.29) is 24.0 Å². The topological polar surface area (TPSA) is 52.4 Å². The van der Waals surface area contributed by atoms with E-state index < -0.39 is 4.92 Å². The average Bonchev–Trinajstić information content (AvgIpc) is 2.35. The number of ether oxygens (including phenoxy) is 1. The molecule has 0 aliphatic carbocycles. The van der Waals surface area contributed by atoms with Gasteiger partial charge in [-0.2, -0.15) is 0 Å². The van der Waals surface area contributed by atoms with E-state index in [4.69, 9.17) is 4.74 Å². The van der Waals surface area contributed by atoms with E-state index in [1.54, 1.807) is 18.2 Å². The maximum Gasteiger partial charge on any atom is 0.312 e. The highest BCUT2D eigenvalue weighted by Gasteiger charge is 2.22. The van der Waals surface area contributed by atoms with Crippen LogP contribution >= 0.6 is 15.9 Å². The van der Waals surface area contributed by atoms with Gasteiger partial charge in [-0.25, -0.2) is 0 Å². The highest BCUT2D eigenvalue weighted by Crippen LogP contribution is 2.38. The third-order valence-electron chi connectivity index (χ3n) is 2.45. The molecule has 0 saturated heterocycles. The van der Waals surface area contributed by atoms with Crippen LogP contribution in [0.3, 0.4) is 0 Å². The minimum atomic E-state index is -0.456. The Bertz CT molecular complexity index is 485. The van der Waals surface area contributed by atoms with Gasteiger partial charge in [-0.1, -0.05) is 41.6 Å². The third kappa shape index (κ3) is 3.20. The number of halogens is 1. The molecule has 1 aromatic rings. The van der Waals surface area contributed by atoms with Crippen molar-refractivity contribution in [3.05, 3.63) is 57.6 Å². The molecule has 0 amide bonds. The summed E-state index contributed by atoms with van der Waals surface area (Å²) in [5.74, 6) is 0.233. The molecule has 0 bridgehead atoms. The monoisotopic (exact) mass is 311 g/mol. The number of benzene rings is 1. The molecule has 0 aliphatic heterocycles. The van der Waals surface area contributed by atoms with Crippen molar-refractivity contribution in [1.29, 1.82) is 0 Å². The number of nitro benzene ring substituents is 1. The van der Waals surface area contributed by atoms with Crippen LogP contribution in [0.25, 0.3) is 0 Å². The van der Waals surface area contributed by atoms with Crippen molar-refractivity contribution in [1.82, 2.24) is 0 Å². The zero-order chi connectivity index (χ0) is 13.7. The predicted molar refractivity (Wildman–Crippen MR) is 75.1 cm³/mol. The summed E-state index contributed by atoms with van der Waals surface area (Å²) in [5.41, 5.74) is 0.669. The maximum absolute atomic E-state index is 11.1. The lowest BCUT2D eigenvalue weighted by atomic mass is 9.99. The molecule has 0 aliphatic rings. The van der Waals surface area contributed by atoms with Crippen molar-refractivity contribution < 1.29 is 9.66 Å². The molecule has 1 unspecified atom stereocenters. The molecule has 0 saturated carbocycles. The van der Waals surface area contributed by atoms with Crippen molar-refractivity contribution in [3.63, 3.8) is 0 Å². The summed E-state index contributed by atoms with van der Waals surface area (Å²) in [6, 6.07) is 3.23. The number of rotatable bonds is 6. The predicted octanol–water partition coefficient (Wildman–Crippen LogP) is 4.21. The molecule has 0 aromatic heterocycles. The lowest BCUT2D eigenvalue weighted by Crippen LogP contribution is -2.03. The molecular weight excluding hydrogens is 298 g/mol.